The summed E-state index contributed by atoms with van der Waals surface area (Å²) in [7, 11) is 0. The van der Waals surface area contributed by atoms with E-state index in [4.69, 9.17) is 5.11 Å². The minimum atomic E-state index is -0.555. The van der Waals surface area contributed by atoms with E-state index >= 15 is 0 Å². The molecule has 1 aromatic rings. The quantitative estimate of drug-likeness (QED) is 0.593. The van der Waals surface area contributed by atoms with Crippen LogP contribution >= 0.6 is 0 Å². The van der Waals surface area contributed by atoms with Crippen molar-refractivity contribution in [3.8, 4) is 0 Å². The van der Waals surface area contributed by atoms with Gasteiger partial charge in [0.15, 0.2) is 0 Å². The molecule has 1 atom stereocenters. The molecule has 0 aliphatic rings. The number of hydrogen-bond donors (Lipinski definition) is 2. The maximum Gasteiger partial charge on any atom is 0.270 e. The first-order valence-corrected chi connectivity index (χ1v) is 5.24. The molecule has 0 saturated heterocycles. The minimum Gasteiger partial charge on any atom is -0.394 e. The van der Waals surface area contributed by atoms with E-state index in [1.54, 1.807) is 0 Å². The summed E-state index contributed by atoms with van der Waals surface area (Å²) in [4.78, 5) is 21.7. The van der Waals surface area contributed by atoms with Crippen molar-refractivity contribution in [2.45, 2.75) is 19.4 Å². The molecule has 0 bridgehead atoms. The molecule has 1 rings (SSSR count). The first-order valence-electron chi connectivity index (χ1n) is 5.24. The van der Waals surface area contributed by atoms with E-state index in [9.17, 15) is 14.9 Å². The monoisotopic (exact) mass is 238 g/mol. The fraction of sp³-hybridized carbons (Fsp3) is 0.364. The molecule has 92 valence electrons. The number of nitrogens with zero attached hydrogens (tertiary/aromatic N) is 1. The molecule has 0 radical (unpaired) electrons. The topological polar surface area (TPSA) is 92.5 Å². The average Bonchev–Trinajstić information content (AvgIpc) is 2.35. The first kappa shape index (κ1) is 13.1. The summed E-state index contributed by atoms with van der Waals surface area (Å²) in [6.45, 7) is 1.67. The average molecular weight is 238 g/mol. The Morgan fingerprint density at radius 2 is 2.29 bits per heavy atom. The van der Waals surface area contributed by atoms with Gasteiger partial charge in [0.2, 0.25) is 0 Å². The second-order valence-electron chi connectivity index (χ2n) is 3.57. The van der Waals surface area contributed by atoms with Crippen molar-refractivity contribution in [1.82, 2.24) is 5.32 Å². The number of nitrogens with one attached hydrogen (secondary N) is 1. The molecule has 0 spiro atoms. The van der Waals surface area contributed by atoms with Crippen LogP contribution in [0.1, 0.15) is 23.7 Å². The zero-order valence-electron chi connectivity index (χ0n) is 9.42. The van der Waals surface area contributed by atoms with Crippen LogP contribution in [-0.4, -0.2) is 28.6 Å². The van der Waals surface area contributed by atoms with E-state index in [1.807, 2.05) is 6.92 Å². The van der Waals surface area contributed by atoms with Gasteiger partial charge >= 0.3 is 0 Å². The second-order valence-corrected chi connectivity index (χ2v) is 3.57. The molecule has 0 aliphatic carbocycles. The number of nitro groups is 1. The highest BCUT2D eigenvalue weighted by atomic mass is 16.6. The molecule has 17 heavy (non-hydrogen) atoms. The number of hydrogen-bond acceptors (Lipinski definition) is 4. The number of nitro benzene ring substituents is 1. The molecule has 0 heterocycles. The third-order valence-corrected chi connectivity index (χ3v) is 2.37. The zero-order chi connectivity index (χ0) is 12.8. The van der Waals surface area contributed by atoms with Crippen molar-refractivity contribution in [1.29, 1.82) is 0 Å². The summed E-state index contributed by atoms with van der Waals surface area (Å²) in [6.07, 6.45) is 0.594. The summed E-state index contributed by atoms with van der Waals surface area (Å²) in [5.41, 5.74) is 0.0841. The molecule has 0 aromatic heterocycles. The first-order chi connectivity index (χ1) is 8.08. The summed E-state index contributed by atoms with van der Waals surface area (Å²) in [5, 5.41) is 22.1. The van der Waals surface area contributed by atoms with Crippen molar-refractivity contribution in [3.63, 3.8) is 0 Å². The van der Waals surface area contributed by atoms with E-state index in [0.29, 0.717) is 6.42 Å². The van der Waals surface area contributed by atoms with Crippen molar-refractivity contribution in [2.24, 2.45) is 0 Å². The number of aliphatic hydroxyl groups is 1. The largest absolute Gasteiger partial charge is 0.394 e. The van der Waals surface area contributed by atoms with Crippen LogP contribution in [0.15, 0.2) is 24.3 Å². The van der Waals surface area contributed by atoms with E-state index in [-0.39, 0.29) is 23.9 Å². The SMILES string of the molecule is CC[C@H](CO)NC(=O)c1cccc([N+](=O)[O-])c1. The lowest BCUT2D eigenvalue weighted by atomic mass is 10.1. The maximum absolute atomic E-state index is 11.7. The third kappa shape index (κ3) is 3.53. The van der Waals surface area contributed by atoms with E-state index in [0.717, 1.165) is 0 Å². The molecule has 6 nitrogen and oxygen atoms in total. The van der Waals surface area contributed by atoms with Crippen LogP contribution in [0.3, 0.4) is 0 Å². The highest BCUT2D eigenvalue weighted by molar-refractivity contribution is 5.94. The molecule has 0 saturated carbocycles. The second kappa shape index (κ2) is 5.95. The Bertz CT molecular complexity index is 416. The number of benzene rings is 1. The van der Waals surface area contributed by atoms with Gasteiger partial charge in [-0.25, -0.2) is 0 Å². The van der Waals surface area contributed by atoms with Gasteiger partial charge in [0, 0.05) is 17.7 Å². The van der Waals surface area contributed by atoms with Gasteiger partial charge in [0.25, 0.3) is 11.6 Å². The Balaban J connectivity index is 2.82. The molecule has 0 fully saturated rings. The summed E-state index contributed by atoms with van der Waals surface area (Å²) in [6, 6.07) is 5.14. The Labute approximate surface area is 98.4 Å². The maximum atomic E-state index is 11.7. The molecule has 0 aliphatic heterocycles. The Hall–Kier alpha value is -1.95. The lowest BCUT2D eigenvalue weighted by Gasteiger charge is -2.13. The fourth-order valence-electron chi connectivity index (χ4n) is 1.31. The number of carbonyl (C=O) groups excluding carboxylic acids is 1. The molecular formula is C11H14N2O4. The highest BCUT2D eigenvalue weighted by Gasteiger charge is 2.14. The molecule has 1 aromatic carbocycles. The third-order valence-electron chi connectivity index (χ3n) is 2.37. The van der Waals surface area contributed by atoms with Gasteiger partial charge in [0.1, 0.15) is 0 Å². The summed E-state index contributed by atoms with van der Waals surface area (Å²) in [5.74, 6) is -0.422. The van der Waals surface area contributed by atoms with Crippen molar-refractivity contribution in [3.05, 3.63) is 39.9 Å². The van der Waals surface area contributed by atoms with Crippen LogP contribution < -0.4 is 5.32 Å². The summed E-state index contributed by atoms with van der Waals surface area (Å²) >= 11 is 0. The number of carbonyl (C=O) groups is 1. The normalized spacial score (nSPS) is 11.9. The Kier molecular flexibility index (Phi) is 4.59. The van der Waals surface area contributed by atoms with Crippen LogP contribution in [0, 0.1) is 10.1 Å². The van der Waals surface area contributed by atoms with Crippen molar-refractivity contribution < 1.29 is 14.8 Å². The Morgan fingerprint density at radius 3 is 2.82 bits per heavy atom. The Morgan fingerprint density at radius 1 is 1.59 bits per heavy atom. The number of rotatable bonds is 5. The van der Waals surface area contributed by atoms with Crippen molar-refractivity contribution >= 4 is 11.6 Å². The van der Waals surface area contributed by atoms with Gasteiger partial charge in [0.05, 0.1) is 17.6 Å². The predicted octanol–water partition coefficient (Wildman–Crippen LogP) is 1.10. The van der Waals surface area contributed by atoms with Gasteiger partial charge in [-0.2, -0.15) is 0 Å². The van der Waals surface area contributed by atoms with Crippen LogP contribution in [0.4, 0.5) is 5.69 Å². The fourth-order valence-corrected chi connectivity index (χ4v) is 1.31. The smallest absolute Gasteiger partial charge is 0.270 e. The van der Waals surface area contributed by atoms with Crippen LogP contribution in [0.2, 0.25) is 0 Å². The highest BCUT2D eigenvalue weighted by Crippen LogP contribution is 2.13. The lowest BCUT2D eigenvalue weighted by Crippen LogP contribution is -2.36. The molecule has 2 N–H and O–H groups in total. The van der Waals surface area contributed by atoms with E-state index < -0.39 is 10.8 Å². The molecule has 6 heteroatoms. The predicted molar refractivity (Wildman–Crippen MR) is 61.7 cm³/mol. The van der Waals surface area contributed by atoms with Gasteiger partial charge in [-0.3, -0.25) is 14.9 Å². The van der Waals surface area contributed by atoms with Crippen molar-refractivity contribution in [2.75, 3.05) is 6.61 Å². The van der Waals surface area contributed by atoms with E-state index in [1.165, 1.54) is 24.3 Å². The van der Waals surface area contributed by atoms with Gasteiger partial charge in [-0.15, -0.1) is 0 Å². The number of non-ortho nitro benzene ring substituents is 1. The van der Waals surface area contributed by atoms with E-state index in [2.05, 4.69) is 5.32 Å². The van der Waals surface area contributed by atoms with Gasteiger partial charge < -0.3 is 10.4 Å². The van der Waals surface area contributed by atoms with Crippen LogP contribution in [0.25, 0.3) is 0 Å². The number of aliphatic hydroxyl groups excluding tert-OH is 1. The lowest BCUT2D eigenvalue weighted by molar-refractivity contribution is -0.384. The zero-order valence-corrected chi connectivity index (χ0v) is 9.42. The van der Waals surface area contributed by atoms with Crippen LogP contribution in [0.5, 0.6) is 0 Å². The molecule has 0 unspecified atom stereocenters. The minimum absolute atomic E-state index is 0.130. The van der Waals surface area contributed by atoms with Crippen LogP contribution in [-0.2, 0) is 0 Å². The van der Waals surface area contributed by atoms with Gasteiger partial charge in [-0.1, -0.05) is 13.0 Å². The molecular weight excluding hydrogens is 224 g/mol. The molecule has 1 amide bonds. The standard InChI is InChI=1S/C11H14N2O4/c1-2-9(7-14)12-11(15)8-4-3-5-10(6-8)13(16)17/h3-6,9,14H,2,7H2,1H3,(H,12,15)/t9-/m1/s1. The van der Waals surface area contributed by atoms with Gasteiger partial charge in [-0.05, 0) is 12.5 Å². The number of amides is 1. The summed E-state index contributed by atoms with van der Waals surface area (Å²) < 4.78 is 0.